The normalized spacial score (nSPS) is 12.9. The topological polar surface area (TPSA) is 56.4 Å². The fraction of sp³-hybridized carbons (Fsp3) is 0.200. The standard InChI is InChI=1S/C15H17ClN2O/c1-9-5-6-12(16)8-13(9)10(2)7-14(11(3)19)15(17)18-4/h5-8,17,19H,4H2,1-3H3/b10-7+,14-11?,17-15?. The third kappa shape index (κ3) is 3.80. The van der Waals surface area contributed by atoms with Crippen LogP contribution in [0.5, 0.6) is 0 Å². The number of aliphatic hydroxyl groups is 1. The molecule has 1 aromatic carbocycles. The summed E-state index contributed by atoms with van der Waals surface area (Å²) in [6.07, 6.45) is 1.71. The summed E-state index contributed by atoms with van der Waals surface area (Å²) in [6.45, 7) is 8.71. The Bertz CT molecular complexity index is 582. The van der Waals surface area contributed by atoms with Crippen LogP contribution in [0.25, 0.3) is 5.57 Å². The molecule has 0 spiro atoms. The van der Waals surface area contributed by atoms with Crippen LogP contribution in [0.1, 0.15) is 25.0 Å². The molecule has 4 heteroatoms. The first kappa shape index (κ1) is 15.2. The smallest absolute Gasteiger partial charge is 0.154 e. The highest BCUT2D eigenvalue weighted by Crippen LogP contribution is 2.24. The van der Waals surface area contributed by atoms with Crippen molar-refractivity contribution in [3.63, 3.8) is 0 Å². The molecule has 0 bridgehead atoms. The van der Waals surface area contributed by atoms with Crippen molar-refractivity contribution in [1.82, 2.24) is 0 Å². The zero-order chi connectivity index (χ0) is 14.6. The van der Waals surface area contributed by atoms with E-state index in [1.807, 2.05) is 32.0 Å². The van der Waals surface area contributed by atoms with Crippen LogP contribution < -0.4 is 0 Å². The minimum atomic E-state index is -0.0565. The quantitative estimate of drug-likeness (QED) is 0.361. The van der Waals surface area contributed by atoms with Crippen molar-refractivity contribution in [2.24, 2.45) is 4.99 Å². The van der Waals surface area contributed by atoms with E-state index < -0.39 is 0 Å². The highest BCUT2D eigenvalue weighted by Gasteiger charge is 2.08. The lowest BCUT2D eigenvalue weighted by molar-refractivity contribution is 0.412. The van der Waals surface area contributed by atoms with E-state index in [2.05, 4.69) is 11.7 Å². The summed E-state index contributed by atoms with van der Waals surface area (Å²) in [4.78, 5) is 3.54. The van der Waals surface area contributed by atoms with E-state index >= 15 is 0 Å². The number of allylic oxidation sites excluding steroid dienone is 2. The van der Waals surface area contributed by atoms with Gasteiger partial charge in [0.25, 0.3) is 0 Å². The molecule has 0 saturated heterocycles. The maximum atomic E-state index is 9.61. The van der Waals surface area contributed by atoms with Gasteiger partial charge in [0.1, 0.15) is 5.76 Å². The Hall–Kier alpha value is -1.87. The monoisotopic (exact) mass is 276 g/mol. The predicted molar refractivity (Wildman–Crippen MR) is 82.4 cm³/mol. The molecule has 0 amide bonds. The summed E-state index contributed by atoms with van der Waals surface area (Å²) >= 11 is 5.99. The van der Waals surface area contributed by atoms with E-state index in [9.17, 15) is 5.11 Å². The van der Waals surface area contributed by atoms with Crippen molar-refractivity contribution < 1.29 is 5.11 Å². The van der Waals surface area contributed by atoms with Gasteiger partial charge in [0, 0.05) is 5.02 Å². The second kappa shape index (κ2) is 6.34. The second-order valence-electron chi connectivity index (χ2n) is 4.29. The fourth-order valence-electron chi connectivity index (χ4n) is 1.74. The molecule has 100 valence electrons. The molecule has 0 unspecified atom stereocenters. The lowest BCUT2D eigenvalue weighted by Crippen LogP contribution is -1.99. The number of aryl methyl sites for hydroxylation is 1. The summed E-state index contributed by atoms with van der Waals surface area (Å²) < 4.78 is 0. The van der Waals surface area contributed by atoms with Gasteiger partial charge in [-0.25, -0.2) is 4.99 Å². The van der Waals surface area contributed by atoms with Crippen molar-refractivity contribution in [2.45, 2.75) is 20.8 Å². The number of aliphatic imine (C=N–C) groups is 1. The van der Waals surface area contributed by atoms with Gasteiger partial charge in [0.2, 0.25) is 0 Å². The molecule has 0 aliphatic heterocycles. The number of halogens is 1. The number of amidine groups is 1. The van der Waals surface area contributed by atoms with Gasteiger partial charge in [-0.15, -0.1) is 0 Å². The highest BCUT2D eigenvalue weighted by atomic mass is 35.5. The van der Waals surface area contributed by atoms with Gasteiger partial charge in [-0.2, -0.15) is 0 Å². The predicted octanol–water partition coefficient (Wildman–Crippen LogP) is 4.56. The van der Waals surface area contributed by atoms with Crippen LogP contribution in [0.2, 0.25) is 5.02 Å². The molecule has 0 atom stereocenters. The summed E-state index contributed by atoms with van der Waals surface area (Å²) in [7, 11) is 0. The van der Waals surface area contributed by atoms with E-state index in [1.54, 1.807) is 6.08 Å². The maximum Gasteiger partial charge on any atom is 0.154 e. The van der Waals surface area contributed by atoms with Crippen molar-refractivity contribution in [3.8, 4) is 0 Å². The lowest BCUT2D eigenvalue weighted by Gasteiger charge is -2.09. The summed E-state index contributed by atoms with van der Waals surface area (Å²) in [5, 5.41) is 17.9. The van der Waals surface area contributed by atoms with E-state index in [0.717, 1.165) is 16.7 Å². The molecule has 2 N–H and O–H groups in total. The number of hydrogen-bond donors (Lipinski definition) is 2. The third-order valence-electron chi connectivity index (χ3n) is 2.79. The largest absolute Gasteiger partial charge is 0.512 e. The van der Waals surface area contributed by atoms with Gasteiger partial charge in [0.05, 0.1) is 5.57 Å². The van der Waals surface area contributed by atoms with Crippen LogP contribution in [0.15, 0.2) is 40.6 Å². The zero-order valence-electron chi connectivity index (χ0n) is 11.3. The van der Waals surface area contributed by atoms with Gasteiger partial charge in [0.15, 0.2) is 5.84 Å². The average Bonchev–Trinajstić information content (AvgIpc) is 2.37. The highest BCUT2D eigenvalue weighted by molar-refractivity contribution is 6.30. The van der Waals surface area contributed by atoms with Crippen LogP contribution in [-0.4, -0.2) is 17.7 Å². The minimum absolute atomic E-state index is 0.0384. The number of nitrogens with one attached hydrogen (secondary N) is 1. The Morgan fingerprint density at radius 3 is 2.58 bits per heavy atom. The Labute approximate surface area is 118 Å². The molecule has 3 nitrogen and oxygen atoms in total. The van der Waals surface area contributed by atoms with E-state index in [1.165, 1.54) is 6.92 Å². The van der Waals surface area contributed by atoms with E-state index in [4.69, 9.17) is 17.0 Å². The van der Waals surface area contributed by atoms with Crippen LogP contribution in [0.3, 0.4) is 0 Å². The van der Waals surface area contributed by atoms with Crippen LogP contribution >= 0.6 is 11.6 Å². The lowest BCUT2D eigenvalue weighted by atomic mass is 9.99. The Kier molecular flexibility index (Phi) is 5.07. The van der Waals surface area contributed by atoms with Crippen LogP contribution in [0, 0.1) is 12.3 Å². The molecular formula is C15H17ClN2O. The van der Waals surface area contributed by atoms with Gasteiger partial charge < -0.3 is 5.11 Å². The van der Waals surface area contributed by atoms with Gasteiger partial charge in [-0.1, -0.05) is 17.7 Å². The van der Waals surface area contributed by atoms with Crippen LogP contribution in [-0.2, 0) is 0 Å². The molecule has 0 fully saturated rings. The molecule has 0 aromatic heterocycles. The van der Waals surface area contributed by atoms with Crippen molar-refractivity contribution in [3.05, 3.63) is 51.8 Å². The average molecular weight is 277 g/mol. The molecule has 1 aromatic rings. The Morgan fingerprint density at radius 2 is 2.05 bits per heavy atom. The molecule has 0 radical (unpaired) electrons. The number of benzene rings is 1. The van der Waals surface area contributed by atoms with Gasteiger partial charge in [-0.3, -0.25) is 5.41 Å². The summed E-state index contributed by atoms with van der Waals surface area (Å²) in [5.74, 6) is -0.0181. The second-order valence-corrected chi connectivity index (χ2v) is 4.73. The summed E-state index contributed by atoms with van der Waals surface area (Å²) in [6, 6.07) is 5.62. The third-order valence-corrected chi connectivity index (χ3v) is 3.02. The zero-order valence-corrected chi connectivity index (χ0v) is 12.0. The first-order valence-electron chi connectivity index (χ1n) is 5.77. The molecule has 0 aliphatic rings. The Morgan fingerprint density at radius 1 is 1.42 bits per heavy atom. The molecule has 19 heavy (non-hydrogen) atoms. The van der Waals surface area contributed by atoms with E-state index in [0.29, 0.717) is 10.6 Å². The molecule has 0 aliphatic carbocycles. The number of rotatable bonds is 3. The number of nitrogens with zero attached hydrogens (tertiary/aromatic N) is 1. The minimum Gasteiger partial charge on any atom is -0.512 e. The SMILES string of the molecule is C=NC(=N)C(/C=C(\C)c1cc(Cl)ccc1C)=C(C)O. The van der Waals surface area contributed by atoms with Gasteiger partial charge in [-0.05, 0) is 62.4 Å². The first-order chi connectivity index (χ1) is 8.86. The fourth-order valence-corrected chi connectivity index (χ4v) is 1.91. The van der Waals surface area contributed by atoms with Crippen molar-refractivity contribution >= 4 is 29.7 Å². The molecule has 1 rings (SSSR count). The van der Waals surface area contributed by atoms with Crippen molar-refractivity contribution in [2.75, 3.05) is 0 Å². The van der Waals surface area contributed by atoms with Crippen molar-refractivity contribution in [1.29, 1.82) is 5.41 Å². The molecular weight excluding hydrogens is 260 g/mol. The Balaban J connectivity index is 3.31. The molecule has 0 heterocycles. The van der Waals surface area contributed by atoms with Gasteiger partial charge >= 0.3 is 0 Å². The molecule has 0 saturated carbocycles. The summed E-state index contributed by atoms with van der Waals surface area (Å²) in [5.41, 5.74) is 3.30. The number of aliphatic hydroxyl groups excluding tert-OH is 1. The van der Waals surface area contributed by atoms with Crippen LogP contribution in [0.4, 0.5) is 0 Å². The first-order valence-corrected chi connectivity index (χ1v) is 6.15. The number of hydrogen-bond acceptors (Lipinski definition) is 2. The maximum absolute atomic E-state index is 9.61. The van der Waals surface area contributed by atoms with E-state index in [-0.39, 0.29) is 11.6 Å².